The Morgan fingerprint density at radius 1 is 0.412 bits per heavy atom. The number of halogens is 1. The second-order valence-electron chi connectivity index (χ2n) is 10.7. The Bertz CT molecular complexity index is 854. The summed E-state index contributed by atoms with van der Waals surface area (Å²) in [6.07, 6.45) is 6.49. The van der Waals surface area contributed by atoms with Crippen LogP contribution in [0.5, 0.6) is 0 Å². The Morgan fingerprint density at radius 2 is 0.608 bits per heavy atom. The summed E-state index contributed by atoms with van der Waals surface area (Å²) in [4.78, 5) is 74.8. The number of rotatable bonds is 26. The molecule has 0 aromatic carbocycles. The third-order valence-electron chi connectivity index (χ3n) is 6.03. The smallest absolute Gasteiger partial charge is 0.320 e. The zero-order valence-corrected chi connectivity index (χ0v) is 29.5. The molecule has 0 unspecified atom stereocenters. The molecule has 0 amide bonds. The second-order valence-corrected chi connectivity index (χ2v) is 10.7. The van der Waals surface area contributed by atoms with Crippen molar-refractivity contribution in [2.24, 2.45) is 34.4 Å². The van der Waals surface area contributed by atoms with E-state index in [1.54, 1.807) is 0 Å². The van der Waals surface area contributed by atoms with Crippen LogP contribution in [0.1, 0.15) is 57.8 Å². The number of nitrogens with two attached hydrogens (primary N) is 6. The maximum atomic E-state index is 10.6. The van der Waals surface area contributed by atoms with Gasteiger partial charge in [0.15, 0.2) is 0 Å². The van der Waals surface area contributed by atoms with Crippen LogP contribution in [0.2, 0.25) is 0 Å². The summed E-state index contributed by atoms with van der Waals surface area (Å²) in [6.45, 7) is -0.440. The van der Waals surface area contributed by atoms with Crippen molar-refractivity contribution in [2.45, 2.75) is 75.9 Å². The summed E-state index contributed by atoms with van der Waals surface area (Å²) in [7, 11) is 0. The molecular weight excluding hydrogens is 708 g/mol. The normalized spacial score (nSPS) is 11.8. The van der Waals surface area contributed by atoms with Crippen molar-refractivity contribution in [3.63, 3.8) is 0 Å². The molecule has 0 aromatic rings. The molecule has 3 atom stereocenters. The first-order valence-electron chi connectivity index (χ1n) is 15.6. The molecule has 19 N–H and O–H groups in total. The summed E-state index contributed by atoms with van der Waals surface area (Å²) in [6, 6.07) is -2.15. The van der Waals surface area contributed by atoms with E-state index in [0.29, 0.717) is 38.9 Å². The first kappa shape index (κ1) is 56.6. The highest BCUT2D eigenvalue weighted by atomic mass is 35.5. The van der Waals surface area contributed by atoms with E-state index in [2.05, 4.69) is 0 Å². The number of carboxylic acid groups (broad SMARTS) is 7. The SMILES string of the molecule is Cl.NCCCC[C@H](N)C(=O)O.NCCCC[C@H](N)C(=O)O.NCCCC[C@H](N)C(=O)O.O=C(O)CN(CCN(CC(=O)O)CC(=O)O)CC(=O)O. The first-order valence-corrected chi connectivity index (χ1v) is 15.6. The number of aliphatic carboxylic acids is 7. The van der Waals surface area contributed by atoms with Crippen LogP contribution in [-0.4, -0.2) is 164 Å². The fraction of sp³-hybridized carbons (Fsp3) is 0.750. The van der Waals surface area contributed by atoms with Crippen LogP contribution in [0.3, 0.4) is 0 Å². The molecule has 0 aliphatic carbocycles. The van der Waals surface area contributed by atoms with Gasteiger partial charge in [-0.15, -0.1) is 12.4 Å². The largest absolute Gasteiger partial charge is 0.480 e. The minimum atomic E-state index is -1.23. The molecule has 51 heavy (non-hydrogen) atoms. The monoisotopic (exact) mass is 766 g/mol. The van der Waals surface area contributed by atoms with Gasteiger partial charge in [0.2, 0.25) is 0 Å². The summed E-state index contributed by atoms with van der Waals surface area (Å²) in [5, 5.41) is 59.4. The molecular formula is C28H59ClN8O14. The topological polar surface area (TPSA) is 424 Å². The Balaban J connectivity index is -0.000000195. The van der Waals surface area contributed by atoms with Crippen molar-refractivity contribution < 1.29 is 69.3 Å². The van der Waals surface area contributed by atoms with Gasteiger partial charge in [-0.3, -0.25) is 43.4 Å². The number of hydrogen-bond acceptors (Lipinski definition) is 15. The van der Waals surface area contributed by atoms with Crippen LogP contribution in [0.4, 0.5) is 0 Å². The molecule has 0 heterocycles. The van der Waals surface area contributed by atoms with Crippen LogP contribution in [0.25, 0.3) is 0 Å². The van der Waals surface area contributed by atoms with E-state index >= 15 is 0 Å². The molecule has 23 heteroatoms. The lowest BCUT2D eigenvalue weighted by atomic mass is 10.1. The Labute approximate surface area is 302 Å². The second kappa shape index (κ2) is 37.5. The van der Waals surface area contributed by atoms with Crippen molar-refractivity contribution >= 4 is 54.2 Å². The third-order valence-corrected chi connectivity index (χ3v) is 6.03. The van der Waals surface area contributed by atoms with E-state index in [0.717, 1.165) is 48.3 Å². The van der Waals surface area contributed by atoms with Gasteiger partial charge in [-0.1, -0.05) is 19.3 Å². The van der Waals surface area contributed by atoms with Gasteiger partial charge in [0.05, 0.1) is 26.2 Å². The minimum absolute atomic E-state index is 0. The highest BCUT2D eigenvalue weighted by Gasteiger charge is 2.18. The molecule has 22 nitrogen and oxygen atoms in total. The fourth-order valence-electron chi connectivity index (χ4n) is 3.37. The molecule has 0 fully saturated rings. The number of hydrogen-bond donors (Lipinski definition) is 13. The van der Waals surface area contributed by atoms with Gasteiger partial charge in [0, 0.05) is 13.1 Å². The molecule has 0 aliphatic rings. The van der Waals surface area contributed by atoms with E-state index in [-0.39, 0.29) is 25.5 Å². The zero-order valence-electron chi connectivity index (χ0n) is 28.7. The van der Waals surface area contributed by atoms with Gasteiger partial charge in [0.1, 0.15) is 18.1 Å². The number of carboxylic acids is 7. The van der Waals surface area contributed by atoms with E-state index in [1.165, 1.54) is 0 Å². The summed E-state index contributed by atoms with van der Waals surface area (Å²) >= 11 is 0. The highest BCUT2D eigenvalue weighted by Crippen LogP contribution is 1.99. The zero-order chi connectivity index (χ0) is 39.7. The molecule has 0 aliphatic heterocycles. The maximum Gasteiger partial charge on any atom is 0.320 e. The highest BCUT2D eigenvalue weighted by molar-refractivity contribution is 5.85. The van der Waals surface area contributed by atoms with Crippen LogP contribution >= 0.6 is 12.4 Å². The molecule has 0 spiro atoms. The number of nitrogens with zero attached hydrogens (tertiary/aromatic N) is 2. The van der Waals surface area contributed by atoms with Crippen molar-refractivity contribution in [2.75, 3.05) is 58.9 Å². The first-order chi connectivity index (χ1) is 23.2. The van der Waals surface area contributed by atoms with Gasteiger partial charge in [-0.2, -0.15) is 0 Å². The van der Waals surface area contributed by atoms with Crippen molar-refractivity contribution in [1.82, 2.24) is 9.80 Å². The predicted octanol–water partition coefficient (Wildman–Crippen LogP) is -3.07. The van der Waals surface area contributed by atoms with Gasteiger partial charge in [-0.05, 0) is 58.2 Å². The lowest BCUT2D eigenvalue weighted by Crippen LogP contribution is -2.43. The molecule has 0 saturated heterocycles. The Morgan fingerprint density at radius 3 is 0.745 bits per heavy atom. The van der Waals surface area contributed by atoms with Crippen LogP contribution in [-0.2, 0) is 33.6 Å². The molecule has 302 valence electrons. The van der Waals surface area contributed by atoms with Gasteiger partial charge >= 0.3 is 41.8 Å². The maximum absolute atomic E-state index is 10.6. The summed E-state index contributed by atoms with van der Waals surface area (Å²) in [5.41, 5.74) is 31.3. The lowest BCUT2D eigenvalue weighted by Gasteiger charge is -2.23. The van der Waals surface area contributed by atoms with Crippen molar-refractivity contribution in [3.8, 4) is 0 Å². The van der Waals surface area contributed by atoms with Crippen LogP contribution < -0.4 is 34.4 Å². The summed E-state index contributed by atoms with van der Waals surface area (Å²) in [5.74, 6) is -7.71. The van der Waals surface area contributed by atoms with Crippen LogP contribution in [0, 0.1) is 0 Å². The quantitative estimate of drug-likeness (QED) is 0.0388. The molecule has 0 aromatic heterocycles. The Hall–Kier alpha value is -3.74. The van der Waals surface area contributed by atoms with Gasteiger partial charge in [-0.25, -0.2) is 0 Å². The Kier molecular flexibility index (Phi) is 41.7. The molecule has 0 radical (unpaired) electrons. The van der Waals surface area contributed by atoms with Crippen LogP contribution in [0.15, 0.2) is 0 Å². The van der Waals surface area contributed by atoms with E-state index in [4.69, 9.17) is 70.1 Å². The third kappa shape index (κ3) is 46.3. The van der Waals surface area contributed by atoms with E-state index in [9.17, 15) is 33.6 Å². The van der Waals surface area contributed by atoms with E-state index in [1.807, 2.05) is 0 Å². The minimum Gasteiger partial charge on any atom is -0.480 e. The fourth-order valence-corrected chi connectivity index (χ4v) is 3.37. The average Bonchev–Trinajstić information content (AvgIpc) is 2.99. The van der Waals surface area contributed by atoms with Gasteiger partial charge < -0.3 is 70.1 Å². The number of carbonyl (C=O) groups is 7. The van der Waals surface area contributed by atoms with Crippen molar-refractivity contribution in [3.05, 3.63) is 0 Å². The number of unbranched alkanes of at least 4 members (excludes halogenated alkanes) is 3. The molecule has 0 rings (SSSR count). The standard InChI is InChI=1S/C10H16N2O8.3C6H14N2O2.ClH/c13-7(14)3-11(4-8(15)16)1-2-12(5-9(17)18)6-10(19)20;3*7-4-2-1-3-5(8)6(9)10;/h1-6H2,(H,13,14)(H,15,16)(H,17,18)(H,19,20);3*5H,1-4,7-8H2,(H,9,10);1H/t;3*5-;/m.000./s1. The van der Waals surface area contributed by atoms with E-state index < -0.39 is 86.1 Å². The molecule has 0 bridgehead atoms. The molecule has 0 saturated carbocycles. The average molecular weight is 767 g/mol. The predicted molar refractivity (Wildman–Crippen MR) is 186 cm³/mol. The lowest BCUT2D eigenvalue weighted by molar-refractivity contribution is -0.145. The summed E-state index contributed by atoms with van der Waals surface area (Å²) < 4.78 is 0. The van der Waals surface area contributed by atoms with Crippen molar-refractivity contribution in [1.29, 1.82) is 0 Å². The van der Waals surface area contributed by atoms with Gasteiger partial charge in [0.25, 0.3) is 0 Å².